The number of anilines is 1. The molecule has 9 heteroatoms. The summed E-state index contributed by atoms with van der Waals surface area (Å²) in [4.78, 5) is 2.16. The maximum Gasteiger partial charge on any atom is 0.264 e. The van der Waals surface area contributed by atoms with E-state index >= 15 is 0 Å². The fourth-order valence-corrected chi connectivity index (χ4v) is 5.68. The number of para-hydroxylation sites is 1. The molecule has 1 aliphatic heterocycles. The van der Waals surface area contributed by atoms with Crippen LogP contribution in [0, 0.1) is 6.92 Å². The van der Waals surface area contributed by atoms with Crippen LogP contribution in [-0.2, 0) is 24.6 Å². The van der Waals surface area contributed by atoms with Crippen LogP contribution in [0.4, 0.5) is 5.69 Å². The van der Waals surface area contributed by atoms with Crippen LogP contribution in [0.3, 0.4) is 0 Å². The molecule has 0 aliphatic carbocycles. The second-order valence-electron chi connectivity index (χ2n) is 7.07. The standard InChI is InChI=1S/C20H26N2O5S2/c1-17-8-9-19(28(2,23)24)16-20(17)29(25,26)22(18-6-4-3-5-7-18)11-10-21-12-14-27-15-13-21/h3-9,16H,10-15H2,1-2H3. The van der Waals surface area contributed by atoms with Crippen LogP contribution in [0.1, 0.15) is 5.56 Å². The first-order valence-corrected chi connectivity index (χ1v) is 12.7. The molecule has 7 nitrogen and oxygen atoms in total. The van der Waals surface area contributed by atoms with E-state index in [0.29, 0.717) is 31.0 Å². The van der Waals surface area contributed by atoms with Gasteiger partial charge in [0.05, 0.1) is 28.7 Å². The topological polar surface area (TPSA) is 84.0 Å². The largest absolute Gasteiger partial charge is 0.379 e. The molecule has 1 saturated heterocycles. The molecule has 29 heavy (non-hydrogen) atoms. The third kappa shape index (κ3) is 5.16. The zero-order valence-corrected chi connectivity index (χ0v) is 18.2. The van der Waals surface area contributed by atoms with Gasteiger partial charge in [-0.2, -0.15) is 0 Å². The van der Waals surface area contributed by atoms with E-state index in [1.807, 2.05) is 6.07 Å². The first-order valence-electron chi connectivity index (χ1n) is 9.38. The molecule has 0 unspecified atom stereocenters. The number of morpholine rings is 1. The average Bonchev–Trinajstić information content (AvgIpc) is 2.69. The van der Waals surface area contributed by atoms with Crippen LogP contribution < -0.4 is 4.31 Å². The number of benzene rings is 2. The predicted octanol–water partition coefficient (Wildman–Crippen LogP) is 1.93. The minimum absolute atomic E-state index is 0.00579. The number of sulfonamides is 1. The highest BCUT2D eigenvalue weighted by molar-refractivity contribution is 7.93. The van der Waals surface area contributed by atoms with Crippen molar-refractivity contribution < 1.29 is 21.6 Å². The Bertz CT molecular complexity index is 1050. The van der Waals surface area contributed by atoms with Crippen molar-refractivity contribution in [2.75, 3.05) is 50.0 Å². The lowest BCUT2D eigenvalue weighted by molar-refractivity contribution is 0.0395. The van der Waals surface area contributed by atoms with Gasteiger partial charge in [0.15, 0.2) is 9.84 Å². The van der Waals surface area contributed by atoms with Gasteiger partial charge in [0.1, 0.15) is 0 Å². The summed E-state index contributed by atoms with van der Waals surface area (Å²) in [6.45, 7) is 5.26. The maximum atomic E-state index is 13.6. The van der Waals surface area contributed by atoms with E-state index in [1.165, 1.54) is 22.5 Å². The summed E-state index contributed by atoms with van der Waals surface area (Å²) in [6.07, 6.45) is 1.07. The Morgan fingerprint density at radius 2 is 1.66 bits per heavy atom. The highest BCUT2D eigenvalue weighted by Gasteiger charge is 2.28. The van der Waals surface area contributed by atoms with Gasteiger partial charge in [-0.15, -0.1) is 0 Å². The quantitative estimate of drug-likeness (QED) is 0.657. The van der Waals surface area contributed by atoms with E-state index in [0.717, 1.165) is 19.3 Å². The van der Waals surface area contributed by atoms with Crippen molar-refractivity contribution in [1.82, 2.24) is 4.90 Å². The second-order valence-corrected chi connectivity index (χ2v) is 10.9. The Balaban J connectivity index is 2.00. The first-order chi connectivity index (χ1) is 13.7. The van der Waals surface area contributed by atoms with Gasteiger partial charge in [0, 0.05) is 32.4 Å². The van der Waals surface area contributed by atoms with Gasteiger partial charge >= 0.3 is 0 Å². The van der Waals surface area contributed by atoms with E-state index in [9.17, 15) is 16.8 Å². The Morgan fingerprint density at radius 3 is 2.28 bits per heavy atom. The molecule has 2 aromatic carbocycles. The van der Waals surface area contributed by atoms with Crippen molar-refractivity contribution in [3.63, 3.8) is 0 Å². The van der Waals surface area contributed by atoms with Crippen molar-refractivity contribution in [2.24, 2.45) is 0 Å². The summed E-state index contributed by atoms with van der Waals surface area (Å²) in [6, 6.07) is 13.1. The zero-order valence-electron chi connectivity index (χ0n) is 16.6. The van der Waals surface area contributed by atoms with E-state index in [-0.39, 0.29) is 16.3 Å². The molecule has 0 bridgehead atoms. The fourth-order valence-electron chi connectivity index (χ4n) is 3.25. The van der Waals surface area contributed by atoms with Crippen LogP contribution in [0.15, 0.2) is 58.3 Å². The van der Waals surface area contributed by atoms with Crippen LogP contribution in [0.5, 0.6) is 0 Å². The van der Waals surface area contributed by atoms with Gasteiger partial charge < -0.3 is 4.74 Å². The number of hydrogen-bond acceptors (Lipinski definition) is 6. The Morgan fingerprint density at radius 1 is 1.00 bits per heavy atom. The maximum absolute atomic E-state index is 13.6. The smallest absolute Gasteiger partial charge is 0.264 e. The third-order valence-electron chi connectivity index (χ3n) is 4.92. The molecule has 0 aromatic heterocycles. The average molecular weight is 439 g/mol. The van der Waals surface area contributed by atoms with Crippen LogP contribution in [-0.4, -0.2) is 67.4 Å². The van der Waals surface area contributed by atoms with E-state index < -0.39 is 19.9 Å². The van der Waals surface area contributed by atoms with Gasteiger partial charge in [-0.3, -0.25) is 9.21 Å². The minimum Gasteiger partial charge on any atom is -0.379 e. The SMILES string of the molecule is Cc1ccc(S(C)(=O)=O)cc1S(=O)(=O)N(CCN1CCOCC1)c1ccccc1. The van der Waals surface area contributed by atoms with E-state index in [4.69, 9.17) is 4.74 Å². The van der Waals surface area contributed by atoms with Gasteiger partial charge in [-0.25, -0.2) is 16.8 Å². The van der Waals surface area contributed by atoms with Gasteiger partial charge in [0.2, 0.25) is 0 Å². The first kappa shape index (κ1) is 21.8. The molecule has 0 saturated carbocycles. The molecular weight excluding hydrogens is 412 g/mol. The lowest BCUT2D eigenvalue weighted by atomic mass is 10.2. The van der Waals surface area contributed by atoms with Crippen molar-refractivity contribution in [2.45, 2.75) is 16.7 Å². The molecular formula is C20H26N2O5S2. The molecule has 158 valence electrons. The van der Waals surface area contributed by atoms with Gasteiger partial charge in [-0.1, -0.05) is 24.3 Å². The molecule has 0 spiro atoms. The summed E-state index contributed by atoms with van der Waals surface area (Å²) >= 11 is 0. The third-order valence-corrected chi connectivity index (χ3v) is 8.00. The Hall–Kier alpha value is -1.94. The van der Waals surface area contributed by atoms with Crippen molar-refractivity contribution in [3.8, 4) is 0 Å². The monoisotopic (exact) mass is 438 g/mol. The number of aryl methyl sites for hydroxylation is 1. The summed E-state index contributed by atoms with van der Waals surface area (Å²) in [5.74, 6) is 0. The Kier molecular flexibility index (Phi) is 6.62. The van der Waals surface area contributed by atoms with Crippen molar-refractivity contribution in [3.05, 3.63) is 54.1 Å². The molecule has 2 aromatic rings. The molecule has 0 radical (unpaired) electrons. The minimum atomic E-state index is -3.96. The number of rotatable bonds is 7. The molecule has 0 N–H and O–H groups in total. The lowest BCUT2D eigenvalue weighted by Gasteiger charge is -2.31. The second kappa shape index (κ2) is 8.83. The highest BCUT2D eigenvalue weighted by atomic mass is 32.2. The zero-order chi connectivity index (χ0) is 21.1. The van der Waals surface area contributed by atoms with Crippen molar-refractivity contribution >= 4 is 25.5 Å². The summed E-state index contributed by atoms with van der Waals surface area (Å²) < 4.78 is 57.8. The van der Waals surface area contributed by atoms with Gasteiger partial charge in [0.25, 0.3) is 10.0 Å². The summed E-state index contributed by atoms with van der Waals surface area (Å²) in [5.41, 5.74) is 1.05. The number of nitrogens with zero attached hydrogens (tertiary/aromatic N) is 2. The molecule has 1 heterocycles. The molecule has 3 rings (SSSR count). The Labute approximate surface area is 172 Å². The lowest BCUT2D eigenvalue weighted by Crippen LogP contribution is -2.43. The molecule has 0 atom stereocenters. The predicted molar refractivity (Wildman–Crippen MR) is 113 cm³/mol. The normalized spacial score (nSPS) is 15.9. The number of hydrogen-bond donors (Lipinski definition) is 0. The number of ether oxygens (including phenoxy) is 1. The molecule has 1 fully saturated rings. The fraction of sp³-hybridized carbons (Fsp3) is 0.400. The van der Waals surface area contributed by atoms with Crippen LogP contribution >= 0.6 is 0 Å². The van der Waals surface area contributed by atoms with Crippen molar-refractivity contribution in [1.29, 1.82) is 0 Å². The summed E-state index contributed by atoms with van der Waals surface area (Å²) in [7, 11) is -7.48. The van der Waals surface area contributed by atoms with E-state index in [2.05, 4.69) is 4.90 Å². The van der Waals surface area contributed by atoms with Gasteiger partial charge in [-0.05, 0) is 36.8 Å². The molecule has 1 aliphatic rings. The van der Waals surface area contributed by atoms with E-state index in [1.54, 1.807) is 31.2 Å². The summed E-state index contributed by atoms with van der Waals surface area (Å²) in [5, 5.41) is 0. The van der Waals surface area contributed by atoms with Crippen LogP contribution in [0.2, 0.25) is 0 Å². The number of sulfone groups is 1. The molecule has 0 amide bonds. The highest BCUT2D eigenvalue weighted by Crippen LogP contribution is 2.27. The van der Waals surface area contributed by atoms with Crippen LogP contribution in [0.25, 0.3) is 0 Å².